The summed E-state index contributed by atoms with van der Waals surface area (Å²) in [5.74, 6) is 1.36. The quantitative estimate of drug-likeness (QED) is 0.797. The number of benzene rings is 1. The fraction of sp³-hybridized carbons (Fsp3) is 0.467. The third-order valence-electron chi connectivity index (χ3n) is 3.65. The van der Waals surface area contributed by atoms with Crippen LogP contribution in [0, 0.1) is 0 Å². The van der Waals surface area contributed by atoms with Gasteiger partial charge in [0.1, 0.15) is 12.1 Å². The molecule has 0 unspecified atom stereocenters. The highest BCUT2D eigenvalue weighted by Crippen LogP contribution is 2.29. The van der Waals surface area contributed by atoms with Gasteiger partial charge in [-0.2, -0.15) is 0 Å². The van der Waals surface area contributed by atoms with Crippen LogP contribution < -0.4 is 4.74 Å². The maximum absolute atomic E-state index is 10.4. The normalized spacial score (nSPS) is 11.6. The fourth-order valence-electron chi connectivity index (χ4n) is 1.97. The molecule has 6 heteroatoms. The molecule has 0 amide bonds. The molecule has 2 aromatic rings. The van der Waals surface area contributed by atoms with Crippen molar-refractivity contribution in [1.29, 1.82) is 0 Å². The summed E-state index contributed by atoms with van der Waals surface area (Å²) in [6.07, 6.45) is 3.11. The summed E-state index contributed by atoms with van der Waals surface area (Å²) in [4.78, 5) is 0. The lowest BCUT2D eigenvalue weighted by Gasteiger charge is -2.24. The van der Waals surface area contributed by atoms with Crippen LogP contribution in [0.25, 0.3) is 5.69 Å². The molecule has 0 radical (unpaired) electrons. The van der Waals surface area contributed by atoms with Crippen LogP contribution in [0.2, 0.25) is 0 Å². The van der Waals surface area contributed by atoms with Gasteiger partial charge in [-0.15, -0.1) is 10.2 Å². The van der Waals surface area contributed by atoms with Crippen LogP contribution in [0.15, 0.2) is 35.7 Å². The molecule has 0 fully saturated rings. The highest BCUT2D eigenvalue weighted by atomic mass is 32.2. The van der Waals surface area contributed by atoms with E-state index < -0.39 is 5.60 Å². The van der Waals surface area contributed by atoms with E-state index in [2.05, 4.69) is 10.2 Å². The molecule has 0 saturated carbocycles. The summed E-state index contributed by atoms with van der Waals surface area (Å²) in [5, 5.41) is 19.3. The Hall–Kier alpha value is -1.53. The van der Waals surface area contributed by atoms with Crippen molar-refractivity contribution in [3.8, 4) is 11.4 Å². The SMILES string of the molecule is CCC(O)(CC)CSc1nncn1-c1ccccc1OC. The molecule has 2 rings (SSSR count). The Balaban J connectivity index is 2.23. The number of aromatic nitrogens is 3. The lowest BCUT2D eigenvalue weighted by molar-refractivity contribution is 0.0571. The molecule has 0 aliphatic carbocycles. The Kier molecular flexibility index (Phi) is 5.25. The molecule has 0 spiro atoms. The molecule has 5 nitrogen and oxygen atoms in total. The molecular weight excluding hydrogens is 286 g/mol. The minimum atomic E-state index is -0.664. The van der Waals surface area contributed by atoms with E-state index in [9.17, 15) is 5.11 Å². The number of ether oxygens (including phenoxy) is 1. The molecule has 114 valence electrons. The number of nitrogens with zero attached hydrogens (tertiary/aromatic N) is 3. The van der Waals surface area contributed by atoms with Crippen LogP contribution >= 0.6 is 11.8 Å². The molecule has 0 atom stereocenters. The van der Waals surface area contributed by atoms with Crippen LogP contribution in [0.4, 0.5) is 0 Å². The minimum absolute atomic E-state index is 0.591. The van der Waals surface area contributed by atoms with E-state index in [1.807, 2.05) is 42.7 Å². The van der Waals surface area contributed by atoms with Gasteiger partial charge in [0.2, 0.25) is 0 Å². The van der Waals surface area contributed by atoms with E-state index in [1.54, 1.807) is 13.4 Å². The first-order valence-corrected chi connectivity index (χ1v) is 8.00. The van der Waals surface area contributed by atoms with Gasteiger partial charge in [0.05, 0.1) is 18.4 Å². The van der Waals surface area contributed by atoms with Gasteiger partial charge in [-0.3, -0.25) is 4.57 Å². The van der Waals surface area contributed by atoms with Crippen LogP contribution in [0.5, 0.6) is 5.75 Å². The predicted molar refractivity (Wildman–Crippen MR) is 84.2 cm³/mol. The van der Waals surface area contributed by atoms with Crippen molar-refractivity contribution in [1.82, 2.24) is 14.8 Å². The Morgan fingerprint density at radius 1 is 1.29 bits per heavy atom. The number of rotatable bonds is 7. The zero-order chi connectivity index (χ0) is 15.3. The summed E-state index contributed by atoms with van der Waals surface area (Å²) >= 11 is 1.51. The Morgan fingerprint density at radius 3 is 2.67 bits per heavy atom. The second-order valence-corrected chi connectivity index (χ2v) is 5.82. The van der Waals surface area contributed by atoms with E-state index in [4.69, 9.17) is 4.74 Å². The molecule has 21 heavy (non-hydrogen) atoms. The third kappa shape index (κ3) is 3.57. The van der Waals surface area contributed by atoms with Crippen molar-refractivity contribution in [3.05, 3.63) is 30.6 Å². The first-order chi connectivity index (χ1) is 10.1. The second kappa shape index (κ2) is 6.95. The second-order valence-electron chi connectivity index (χ2n) is 4.88. The third-order valence-corrected chi connectivity index (χ3v) is 4.87. The van der Waals surface area contributed by atoms with Gasteiger partial charge in [0, 0.05) is 5.75 Å². The lowest BCUT2D eigenvalue weighted by Crippen LogP contribution is -2.29. The van der Waals surface area contributed by atoms with E-state index in [1.165, 1.54) is 11.8 Å². The molecule has 0 bridgehead atoms. The van der Waals surface area contributed by atoms with Crippen LogP contribution in [0.3, 0.4) is 0 Å². The van der Waals surface area contributed by atoms with Gasteiger partial charge in [-0.1, -0.05) is 37.7 Å². The van der Waals surface area contributed by atoms with Crippen LogP contribution in [0.1, 0.15) is 26.7 Å². The topological polar surface area (TPSA) is 60.2 Å². The maximum atomic E-state index is 10.4. The monoisotopic (exact) mass is 307 g/mol. The van der Waals surface area contributed by atoms with E-state index >= 15 is 0 Å². The summed E-state index contributed by atoms with van der Waals surface area (Å²) < 4.78 is 7.26. The summed E-state index contributed by atoms with van der Waals surface area (Å²) in [7, 11) is 1.64. The lowest BCUT2D eigenvalue weighted by atomic mass is 10.0. The van der Waals surface area contributed by atoms with Crippen molar-refractivity contribution in [2.75, 3.05) is 12.9 Å². The smallest absolute Gasteiger partial charge is 0.195 e. The van der Waals surface area contributed by atoms with Gasteiger partial charge in [-0.05, 0) is 25.0 Å². The Bertz CT molecular complexity index is 582. The minimum Gasteiger partial charge on any atom is -0.495 e. The molecule has 0 aliphatic heterocycles. The molecule has 0 saturated heterocycles. The number of hydrogen-bond donors (Lipinski definition) is 1. The molecule has 0 aliphatic rings. The van der Waals surface area contributed by atoms with Crippen LogP contribution in [-0.2, 0) is 0 Å². The zero-order valence-electron chi connectivity index (χ0n) is 12.6. The van der Waals surface area contributed by atoms with Gasteiger partial charge >= 0.3 is 0 Å². The Labute approximate surface area is 129 Å². The molecule has 1 heterocycles. The summed E-state index contributed by atoms with van der Waals surface area (Å²) in [5.41, 5.74) is 0.228. The number of thioether (sulfide) groups is 1. The van der Waals surface area contributed by atoms with E-state index in [-0.39, 0.29) is 0 Å². The highest BCUT2D eigenvalue weighted by molar-refractivity contribution is 7.99. The van der Waals surface area contributed by atoms with Crippen molar-refractivity contribution in [2.24, 2.45) is 0 Å². The molecular formula is C15H21N3O2S. The van der Waals surface area contributed by atoms with Gasteiger partial charge in [0.25, 0.3) is 0 Å². The predicted octanol–water partition coefficient (Wildman–Crippen LogP) is 2.92. The number of hydrogen-bond acceptors (Lipinski definition) is 5. The summed E-state index contributed by atoms with van der Waals surface area (Å²) in [6, 6.07) is 7.73. The standard InChI is InChI=1S/C15H21N3O2S/c1-4-15(19,5-2)10-21-14-17-16-11-18(14)12-8-6-7-9-13(12)20-3/h6-9,11,19H,4-5,10H2,1-3H3. The number of methoxy groups -OCH3 is 1. The van der Waals surface area contributed by atoms with Crippen LogP contribution in [-0.4, -0.2) is 38.3 Å². The molecule has 1 aromatic carbocycles. The van der Waals surface area contributed by atoms with Crippen molar-refractivity contribution >= 4 is 11.8 Å². The zero-order valence-corrected chi connectivity index (χ0v) is 13.4. The molecule has 1 aromatic heterocycles. The average molecular weight is 307 g/mol. The highest BCUT2D eigenvalue weighted by Gasteiger charge is 2.24. The summed E-state index contributed by atoms with van der Waals surface area (Å²) in [6.45, 7) is 3.99. The number of para-hydroxylation sites is 2. The van der Waals surface area contributed by atoms with Gasteiger partial charge < -0.3 is 9.84 Å². The largest absolute Gasteiger partial charge is 0.495 e. The average Bonchev–Trinajstić information content (AvgIpc) is 3.01. The van der Waals surface area contributed by atoms with Gasteiger partial charge in [0.15, 0.2) is 5.16 Å². The first-order valence-electron chi connectivity index (χ1n) is 7.02. The Morgan fingerprint density at radius 2 is 2.00 bits per heavy atom. The number of aliphatic hydroxyl groups is 1. The maximum Gasteiger partial charge on any atom is 0.195 e. The van der Waals surface area contributed by atoms with Crippen molar-refractivity contribution in [3.63, 3.8) is 0 Å². The van der Waals surface area contributed by atoms with E-state index in [0.29, 0.717) is 5.75 Å². The van der Waals surface area contributed by atoms with Crippen molar-refractivity contribution < 1.29 is 9.84 Å². The van der Waals surface area contributed by atoms with Gasteiger partial charge in [-0.25, -0.2) is 0 Å². The fourth-order valence-corrected chi connectivity index (χ4v) is 3.17. The first kappa shape index (κ1) is 15.9. The molecule has 1 N–H and O–H groups in total. The van der Waals surface area contributed by atoms with Crippen molar-refractivity contribution in [2.45, 2.75) is 37.4 Å². The van der Waals surface area contributed by atoms with E-state index in [0.717, 1.165) is 29.4 Å².